The van der Waals surface area contributed by atoms with Crippen molar-refractivity contribution in [2.75, 3.05) is 27.4 Å². The van der Waals surface area contributed by atoms with E-state index in [4.69, 9.17) is 19.3 Å². The smallest absolute Gasteiger partial charge is 0.130 e. The second-order valence-corrected chi connectivity index (χ2v) is 8.47. The third kappa shape index (κ3) is 5.85. The highest BCUT2D eigenvalue weighted by molar-refractivity contribution is 5.53. The molecule has 0 bridgehead atoms. The normalized spacial score (nSPS) is 11.4. The van der Waals surface area contributed by atoms with E-state index in [-0.39, 0.29) is 6.61 Å². The van der Waals surface area contributed by atoms with Crippen molar-refractivity contribution in [3.05, 3.63) is 138 Å². The number of aliphatic hydroxyl groups excluding tert-OH is 1. The van der Waals surface area contributed by atoms with Crippen LogP contribution < -0.4 is 19.5 Å². The van der Waals surface area contributed by atoms with Gasteiger partial charge < -0.3 is 19.3 Å². The minimum absolute atomic E-state index is 0.0212. The lowest BCUT2D eigenvalue weighted by molar-refractivity contribution is 0.332. The Morgan fingerprint density at radius 3 is 1.57 bits per heavy atom. The predicted octanol–water partition coefficient (Wildman–Crippen LogP) is 5.71. The van der Waals surface area contributed by atoms with Gasteiger partial charge in [-0.1, -0.05) is 97.1 Å². The number of ether oxygens (including phenoxy) is 3. The molecule has 5 heteroatoms. The largest absolute Gasteiger partial charge is 0.496 e. The molecule has 37 heavy (non-hydrogen) atoms. The van der Waals surface area contributed by atoms with Crippen LogP contribution >= 0.6 is 0 Å². The number of hydrogen-bond donors (Lipinski definition) is 2. The van der Waals surface area contributed by atoms with Crippen LogP contribution in [0.5, 0.6) is 17.2 Å². The SMILES string of the molecule is COc1cc(OC/C=C/CO)cc(OC)c1CNC(c1ccccc1)(c1ccccc1)c1ccccc1. The molecular weight excluding hydrogens is 462 g/mol. The van der Waals surface area contributed by atoms with Gasteiger partial charge in [-0.3, -0.25) is 5.32 Å². The first kappa shape index (κ1) is 26.0. The summed E-state index contributed by atoms with van der Waals surface area (Å²) >= 11 is 0. The lowest BCUT2D eigenvalue weighted by atomic mass is 9.77. The molecule has 0 saturated heterocycles. The summed E-state index contributed by atoms with van der Waals surface area (Å²) in [4.78, 5) is 0. The summed E-state index contributed by atoms with van der Waals surface area (Å²) in [7, 11) is 3.29. The minimum Gasteiger partial charge on any atom is -0.496 e. The Morgan fingerprint density at radius 2 is 1.16 bits per heavy atom. The van der Waals surface area contributed by atoms with Crippen LogP contribution in [0.2, 0.25) is 0 Å². The van der Waals surface area contributed by atoms with Gasteiger partial charge in [0.2, 0.25) is 0 Å². The van der Waals surface area contributed by atoms with Crippen molar-refractivity contribution in [3.8, 4) is 17.2 Å². The molecule has 190 valence electrons. The van der Waals surface area contributed by atoms with Gasteiger partial charge in [0.05, 0.1) is 31.9 Å². The molecule has 0 aromatic heterocycles. The molecule has 4 aromatic carbocycles. The van der Waals surface area contributed by atoms with Gasteiger partial charge in [0, 0.05) is 18.7 Å². The monoisotopic (exact) mass is 495 g/mol. The summed E-state index contributed by atoms with van der Waals surface area (Å²) in [6, 6.07) is 35.1. The van der Waals surface area contributed by atoms with Crippen LogP contribution in [-0.2, 0) is 12.1 Å². The molecule has 5 nitrogen and oxygen atoms in total. The maximum absolute atomic E-state index is 8.95. The van der Waals surface area contributed by atoms with Crippen molar-refractivity contribution in [3.63, 3.8) is 0 Å². The van der Waals surface area contributed by atoms with Crippen LogP contribution in [0.25, 0.3) is 0 Å². The van der Waals surface area contributed by atoms with Crippen LogP contribution in [0, 0.1) is 0 Å². The fraction of sp³-hybridized carbons (Fsp3) is 0.188. The second kappa shape index (κ2) is 12.8. The molecule has 0 fully saturated rings. The van der Waals surface area contributed by atoms with Gasteiger partial charge >= 0.3 is 0 Å². The molecule has 4 aromatic rings. The Hall–Kier alpha value is -4.06. The van der Waals surface area contributed by atoms with Gasteiger partial charge in [0.25, 0.3) is 0 Å². The fourth-order valence-electron chi connectivity index (χ4n) is 4.60. The zero-order valence-corrected chi connectivity index (χ0v) is 21.3. The van der Waals surface area contributed by atoms with Gasteiger partial charge in [0.15, 0.2) is 0 Å². The van der Waals surface area contributed by atoms with E-state index in [0.29, 0.717) is 30.4 Å². The molecule has 0 spiro atoms. The molecule has 0 unspecified atom stereocenters. The number of aliphatic hydroxyl groups is 1. The Balaban J connectivity index is 1.79. The highest BCUT2D eigenvalue weighted by atomic mass is 16.5. The van der Waals surface area contributed by atoms with Crippen LogP contribution in [-0.4, -0.2) is 32.5 Å². The molecule has 0 radical (unpaired) electrons. The van der Waals surface area contributed by atoms with Crippen molar-refractivity contribution in [2.24, 2.45) is 0 Å². The van der Waals surface area contributed by atoms with E-state index in [1.54, 1.807) is 26.4 Å². The molecule has 0 aliphatic rings. The Labute approximate surface area is 219 Å². The van der Waals surface area contributed by atoms with Crippen LogP contribution in [0.4, 0.5) is 0 Å². The number of benzene rings is 4. The van der Waals surface area contributed by atoms with E-state index in [1.165, 1.54) is 0 Å². The Morgan fingerprint density at radius 1 is 0.703 bits per heavy atom. The Bertz CT molecular complexity index is 1150. The highest BCUT2D eigenvalue weighted by Gasteiger charge is 2.36. The van der Waals surface area contributed by atoms with Crippen LogP contribution in [0.15, 0.2) is 115 Å². The van der Waals surface area contributed by atoms with Crippen LogP contribution in [0.3, 0.4) is 0 Å². The molecule has 0 aliphatic carbocycles. The lowest BCUT2D eigenvalue weighted by Crippen LogP contribution is -2.44. The van der Waals surface area contributed by atoms with E-state index < -0.39 is 5.54 Å². The molecule has 2 N–H and O–H groups in total. The first-order chi connectivity index (χ1) is 18.2. The van der Waals surface area contributed by atoms with Gasteiger partial charge in [0.1, 0.15) is 23.9 Å². The maximum atomic E-state index is 8.95. The second-order valence-electron chi connectivity index (χ2n) is 8.47. The zero-order valence-electron chi connectivity index (χ0n) is 21.3. The summed E-state index contributed by atoms with van der Waals surface area (Å²) in [5.41, 5.74) is 3.64. The van der Waals surface area contributed by atoms with E-state index in [9.17, 15) is 0 Å². The molecular formula is C32H33NO4. The quantitative estimate of drug-likeness (QED) is 0.195. The number of rotatable bonds is 12. The number of nitrogens with one attached hydrogen (secondary N) is 1. The number of hydrogen-bond acceptors (Lipinski definition) is 5. The molecule has 0 aliphatic heterocycles. The van der Waals surface area contributed by atoms with Crippen molar-refractivity contribution < 1.29 is 19.3 Å². The average Bonchev–Trinajstić information content (AvgIpc) is 2.97. The van der Waals surface area contributed by atoms with Gasteiger partial charge in [-0.05, 0) is 22.8 Å². The summed E-state index contributed by atoms with van der Waals surface area (Å²) in [5, 5.41) is 12.8. The van der Waals surface area contributed by atoms with E-state index >= 15 is 0 Å². The molecule has 0 atom stereocenters. The van der Waals surface area contributed by atoms with Crippen molar-refractivity contribution in [1.82, 2.24) is 5.32 Å². The van der Waals surface area contributed by atoms with Crippen molar-refractivity contribution in [2.45, 2.75) is 12.1 Å². The van der Waals surface area contributed by atoms with Gasteiger partial charge in [-0.15, -0.1) is 0 Å². The molecule has 4 rings (SSSR count). The Kier molecular flexibility index (Phi) is 8.98. The summed E-state index contributed by atoms with van der Waals surface area (Å²) < 4.78 is 17.4. The third-order valence-electron chi connectivity index (χ3n) is 6.35. The lowest BCUT2D eigenvalue weighted by Gasteiger charge is -2.37. The van der Waals surface area contributed by atoms with Crippen molar-refractivity contribution >= 4 is 0 Å². The third-order valence-corrected chi connectivity index (χ3v) is 6.35. The fourth-order valence-corrected chi connectivity index (χ4v) is 4.60. The first-order valence-corrected chi connectivity index (χ1v) is 12.3. The topological polar surface area (TPSA) is 60.0 Å². The summed E-state index contributed by atoms with van der Waals surface area (Å²) in [5.74, 6) is 1.95. The molecule has 0 heterocycles. The summed E-state index contributed by atoms with van der Waals surface area (Å²) in [6.07, 6.45) is 3.41. The van der Waals surface area contributed by atoms with E-state index in [1.807, 2.05) is 30.3 Å². The average molecular weight is 496 g/mol. The molecule has 0 saturated carbocycles. The standard InChI is InChI=1S/C32H33NO4/c1-35-30-22-28(37-21-13-12-20-34)23-31(36-2)29(30)24-33-32(25-14-6-3-7-15-25,26-16-8-4-9-17-26)27-18-10-5-11-19-27/h3-19,22-23,33-34H,20-21,24H2,1-2H3/b13-12+. The highest BCUT2D eigenvalue weighted by Crippen LogP contribution is 2.39. The van der Waals surface area contributed by atoms with Crippen LogP contribution in [0.1, 0.15) is 22.3 Å². The predicted molar refractivity (Wildman–Crippen MR) is 147 cm³/mol. The summed E-state index contributed by atoms with van der Waals surface area (Å²) in [6.45, 7) is 0.784. The van der Waals surface area contributed by atoms with E-state index in [0.717, 1.165) is 22.3 Å². The number of methoxy groups -OCH3 is 2. The maximum Gasteiger partial charge on any atom is 0.130 e. The minimum atomic E-state index is -0.621. The van der Waals surface area contributed by atoms with Gasteiger partial charge in [-0.25, -0.2) is 0 Å². The van der Waals surface area contributed by atoms with Crippen molar-refractivity contribution in [1.29, 1.82) is 0 Å². The molecule has 0 amide bonds. The first-order valence-electron chi connectivity index (χ1n) is 12.3. The van der Waals surface area contributed by atoms with Gasteiger partial charge in [-0.2, -0.15) is 0 Å². The van der Waals surface area contributed by atoms with E-state index in [2.05, 4.69) is 78.1 Å². The zero-order chi connectivity index (χ0) is 25.9.